The van der Waals surface area contributed by atoms with Gasteiger partial charge in [0.25, 0.3) is 5.91 Å². The van der Waals surface area contributed by atoms with Gasteiger partial charge in [0.2, 0.25) is 10.0 Å². The van der Waals surface area contributed by atoms with Crippen molar-refractivity contribution in [3.05, 3.63) is 72.3 Å². The Labute approximate surface area is 154 Å². The summed E-state index contributed by atoms with van der Waals surface area (Å²) in [5, 5.41) is 2.82. The van der Waals surface area contributed by atoms with E-state index in [1.54, 1.807) is 37.4 Å². The van der Waals surface area contributed by atoms with Gasteiger partial charge in [-0.05, 0) is 42.0 Å². The molecule has 2 aromatic rings. The smallest absolute Gasteiger partial charge is 0.255 e. The van der Waals surface area contributed by atoms with Crippen LogP contribution in [0.15, 0.2) is 61.2 Å². The van der Waals surface area contributed by atoms with Gasteiger partial charge in [0, 0.05) is 18.4 Å². The predicted molar refractivity (Wildman–Crippen MR) is 104 cm³/mol. The third-order valence-electron chi connectivity index (χ3n) is 3.61. The summed E-state index contributed by atoms with van der Waals surface area (Å²) in [6.45, 7) is 4.20. The summed E-state index contributed by atoms with van der Waals surface area (Å²) in [7, 11) is -1.81. The molecule has 2 aromatic carbocycles. The number of carbonyl (C=O) groups is 1. The second-order valence-electron chi connectivity index (χ2n) is 5.72. The van der Waals surface area contributed by atoms with Crippen molar-refractivity contribution < 1.29 is 17.9 Å². The third-order valence-corrected chi connectivity index (χ3v) is 4.77. The van der Waals surface area contributed by atoms with Crippen molar-refractivity contribution in [3.8, 4) is 0 Å². The summed E-state index contributed by atoms with van der Waals surface area (Å²) in [5.41, 5.74) is 2.52. The van der Waals surface area contributed by atoms with E-state index in [0.717, 1.165) is 11.8 Å². The van der Waals surface area contributed by atoms with Gasteiger partial charge in [-0.1, -0.05) is 18.2 Å². The average molecular weight is 374 g/mol. The lowest BCUT2D eigenvalue weighted by molar-refractivity contribution is 0.102. The lowest BCUT2D eigenvalue weighted by Gasteiger charge is -2.20. The molecule has 1 amide bonds. The number of carbonyl (C=O) groups excluding carboxylic acids is 1. The summed E-state index contributed by atoms with van der Waals surface area (Å²) in [5.74, 6) is -0.277. The van der Waals surface area contributed by atoms with E-state index in [4.69, 9.17) is 4.74 Å². The maximum Gasteiger partial charge on any atom is 0.255 e. The molecule has 2 rings (SSSR count). The van der Waals surface area contributed by atoms with Crippen LogP contribution in [0.25, 0.3) is 0 Å². The first kappa shape index (κ1) is 19.7. The van der Waals surface area contributed by atoms with Crippen LogP contribution in [0.2, 0.25) is 0 Å². The highest BCUT2D eigenvalue weighted by Gasteiger charge is 2.16. The van der Waals surface area contributed by atoms with Gasteiger partial charge in [0.1, 0.15) is 0 Å². The Bertz CT molecular complexity index is 877. The van der Waals surface area contributed by atoms with Crippen molar-refractivity contribution >= 4 is 27.3 Å². The Morgan fingerprint density at radius 3 is 2.50 bits per heavy atom. The maximum absolute atomic E-state index is 12.4. The van der Waals surface area contributed by atoms with Crippen LogP contribution in [-0.4, -0.2) is 34.2 Å². The number of benzene rings is 2. The van der Waals surface area contributed by atoms with E-state index in [2.05, 4.69) is 11.9 Å². The SMILES string of the molecule is C=CCN(c1ccc(C(=O)Nc2cccc(COC)c2)cc1)S(C)(=O)=O. The molecule has 26 heavy (non-hydrogen) atoms. The Hall–Kier alpha value is -2.64. The van der Waals surface area contributed by atoms with Crippen LogP contribution in [0, 0.1) is 0 Å². The van der Waals surface area contributed by atoms with Gasteiger partial charge in [-0.3, -0.25) is 9.10 Å². The van der Waals surface area contributed by atoms with Gasteiger partial charge in [-0.15, -0.1) is 6.58 Å². The fourth-order valence-electron chi connectivity index (χ4n) is 2.44. The molecule has 0 radical (unpaired) electrons. The Morgan fingerprint density at radius 2 is 1.92 bits per heavy atom. The molecule has 0 atom stereocenters. The van der Waals surface area contributed by atoms with Gasteiger partial charge in [0.05, 0.1) is 25.1 Å². The lowest BCUT2D eigenvalue weighted by atomic mass is 10.1. The molecule has 0 aliphatic heterocycles. The fourth-order valence-corrected chi connectivity index (χ4v) is 3.32. The summed E-state index contributed by atoms with van der Waals surface area (Å²) in [6, 6.07) is 13.8. The summed E-state index contributed by atoms with van der Waals surface area (Å²) in [4.78, 5) is 12.4. The second kappa shape index (κ2) is 8.64. The zero-order chi connectivity index (χ0) is 19.2. The van der Waals surface area contributed by atoms with Crippen molar-refractivity contribution in [2.75, 3.05) is 29.5 Å². The summed E-state index contributed by atoms with van der Waals surface area (Å²) < 4.78 is 30.0. The highest BCUT2D eigenvalue weighted by Crippen LogP contribution is 2.19. The lowest BCUT2D eigenvalue weighted by Crippen LogP contribution is -2.29. The molecule has 0 fully saturated rings. The van der Waals surface area contributed by atoms with Crippen LogP contribution >= 0.6 is 0 Å². The Balaban J connectivity index is 2.15. The molecule has 7 heteroatoms. The molecular formula is C19H22N2O4S. The van der Waals surface area contributed by atoms with Gasteiger partial charge >= 0.3 is 0 Å². The molecule has 0 aliphatic rings. The number of rotatable bonds is 8. The van der Waals surface area contributed by atoms with Crippen LogP contribution in [0.1, 0.15) is 15.9 Å². The number of amides is 1. The van der Waals surface area contributed by atoms with E-state index in [0.29, 0.717) is 23.5 Å². The van der Waals surface area contributed by atoms with Crippen molar-refractivity contribution in [2.45, 2.75) is 6.61 Å². The first-order chi connectivity index (χ1) is 12.3. The number of nitrogens with one attached hydrogen (secondary N) is 1. The zero-order valence-electron chi connectivity index (χ0n) is 14.8. The van der Waals surface area contributed by atoms with E-state index < -0.39 is 10.0 Å². The van der Waals surface area contributed by atoms with Crippen LogP contribution in [0.4, 0.5) is 11.4 Å². The van der Waals surface area contributed by atoms with E-state index in [9.17, 15) is 13.2 Å². The van der Waals surface area contributed by atoms with Crippen LogP contribution in [0.5, 0.6) is 0 Å². The standard InChI is InChI=1S/C19H22N2O4S/c1-4-12-21(26(3,23)24)18-10-8-16(9-11-18)19(22)20-17-7-5-6-15(13-17)14-25-2/h4-11,13H,1,12,14H2,2-3H3,(H,20,22). The largest absolute Gasteiger partial charge is 0.380 e. The van der Waals surface area contributed by atoms with E-state index in [-0.39, 0.29) is 12.5 Å². The molecule has 0 aliphatic carbocycles. The number of anilines is 2. The summed E-state index contributed by atoms with van der Waals surface area (Å²) in [6.07, 6.45) is 2.64. The van der Waals surface area contributed by atoms with Gasteiger partial charge in [-0.25, -0.2) is 8.42 Å². The number of sulfonamides is 1. The topological polar surface area (TPSA) is 75.7 Å². The highest BCUT2D eigenvalue weighted by atomic mass is 32.2. The normalized spacial score (nSPS) is 11.0. The predicted octanol–water partition coefficient (Wildman–Crippen LogP) is 3.04. The third kappa shape index (κ3) is 5.18. The molecule has 0 unspecified atom stereocenters. The van der Waals surface area contributed by atoms with Crippen LogP contribution < -0.4 is 9.62 Å². The second-order valence-corrected chi connectivity index (χ2v) is 7.62. The van der Waals surface area contributed by atoms with Gasteiger partial charge < -0.3 is 10.1 Å². The first-order valence-electron chi connectivity index (χ1n) is 7.93. The Kier molecular flexibility index (Phi) is 6.54. The fraction of sp³-hybridized carbons (Fsp3) is 0.211. The number of hydrogen-bond donors (Lipinski definition) is 1. The van der Waals surface area contributed by atoms with E-state index in [1.807, 2.05) is 18.2 Å². The Morgan fingerprint density at radius 1 is 1.23 bits per heavy atom. The molecule has 6 nitrogen and oxygen atoms in total. The summed E-state index contributed by atoms with van der Waals surface area (Å²) >= 11 is 0. The van der Waals surface area contributed by atoms with Crippen molar-refractivity contribution in [1.29, 1.82) is 0 Å². The minimum Gasteiger partial charge on any atom is -0.380 e. The monoisotopic (exact) mass is 374 g/mol. The first-order valence-corrected chi connectivity index (χ1v) is 9.78. The van der Waals surface area contributed by atoms with Gasteiger partial charge in [-0.2, -0.15) is 0 Å². The molecule has 0 heterocycles. The zero-order valence-corrected chi connectivity index (χ0v) is 15.6. The molecule has 1 N–H and O–H groups in total. The highest BCUT2D eigenvalue weighted by molar-refractivity contribution is 7.92. The number of nitrogens with zero attached hydrogens (tertiary/aromatic N) is 1. The van der Waals surface area contributed by atoms with Crippen molar-refractivity contribution in [1.82, 2.24) is 0 Å². The molecule has 0 spiro atoms. The molecule has 0 aromatic heterocycles. The van der Waals surface area contributed by atoms with Crippen molar-refractivity contribution in [2.24, 2.45) is 0 Å². The molecule has 0 saturated heterocycles. The quantitative estimate of drug-likeness (QED) is 0.721. The minimum atomic E-state index is -3.42. The van der Waals surface area contributed by atoms with Crippen LogP contribution in [-0.2, 0) is 21.4 Å². The minimum absolute atomic E-state index is 0.163. The number of ether oxygens (including phenoxy) is 1. The molecule has 0 bridgehead atoms. The van der Waals surface area contributed by atoms with Crippen LogP contribution in [0.3, 0.4) is 0 Å². The maximum atomic E-state index is 12.4. The van der Waals surface area contributed by atoms with Gasteiger partial charge in [0.15, 0.2) is 0 Å². The van der Waals surface area contributed by atoms with E-state index >= 15 is 0 Å². The number of methoxy groups -OCH3 is 1. The average Bonchev–Trinajstić information content (AvgIpc) is 2.59. The van der Waals surface area contributed by atoms with Crippen molar-refractivity contribution in [3.63, 3.8) is 0 Å². The number of hydrogen-bond acceptors (Lipinski definition) is 4. The van der Waals surface area contributed by atoms with E-state index in [1.165, 1.54) is 10.4 Å². The molecule has 0 saturated carbocycles. The molecular weight excluding hydrogens is 352 g/mol. The molecule has 138 valence electrons.